The Bertz CT molecular complexity index is 505. The molecular weight excluding hydrogens is 234 g/mol. The number of carbonyl (C=O) groups excluding carboxylic acids is 2. The lowest BCUT2D eigenvalue weighted by Gasteiger charge is -2.20. The minimum atomic E-state index is -0.794. The predicted molar refractivity (Wildman–Crippen MR) is 63.0 cm³/mol. The summed E-state index contributed by atoms with van der Waals surface area (Å²) in [5.74, 6) is -1.27. The van der Waals surface area contributed by atoms with E-state index in [1.165, 1.54) is 5.06 Å². The van der Waals surface area contributed by atoms with E-state index in [-0.39, 0.29) is 11.8 Å². The molecule has 0 radical (unpaired) electrons. The molecule has 0 saturated carbocycles. The largest absolute Gasteiger partial charge is 0.313 e. The number of fused-ring (bicyclic) bond motifs is 1. The number of amides is 2. The first-order valence-corrected chi connectivity index (χ1v) is 5.69. The van der Waals surface area contributed by atoms with Crippen molar-refractivity contribution in [3.8, 4) is 0 Å². The molecule has 2 saturated heterocycles. The highest BCUT2D eigenvalue weighted by atomic mass is 16.7. The first-order valence-electron chi connectivity index (χ1n) is 5.69. The fourth-order valence-corrected chi connectivity index (χ4v) is 2.41. The van der Waals surface area contributed by atoms with Gasteiger partial charge in [-0.2, -0.15) is 5.06 Å². The van der Waals surface area contributed by atoms with Crippen molar-refractivity contribution < 1.29 is 14.4 Å². The lowest BCUT2D eigenvalue weighted by molar-refractivity contribution is -0.159. The molecule has 6 heteroatoms. The van der Waals surface area contributed by atoms with Gasteiger partial charge in [0.1, 0.15) is 5.92 Å². The highest BCUT2D eigenvalue weighted by Gasteiger charge is 2.57. The zero-order valence-corrected chi connectivity index (χ0v) is 9.82. The Labute approximate surface area is 104 Å². The van der Waals surface area contributed by atoms with Crippen LogP contribution in [0.15, 0.2) is 30.3 Å². The smallest absolute Gasteiger partial charge is 0.265 e. The van der Waals surface area contributed by atoms with Crippen LogP contribution in [-0.2, 0) is 14.4 Å². The van der Waals surface area contributed by atoms with E-state index in [0.29, 0.717) is 5.69 Å². The first-order chi connectivity index (χ1) is 8.61. The van der Waals surface area contributed by atoms with Crippen LogP contribution in [0.5, 0.6) is 0 Å². The van der Waals surface area contributed by atoms with E-state index in [4.69, 9.17) is 10.6 Å². The van der Waals surface area contributed by atoms with Crippen LogP contribution in [0.2, 0.25) is 0 Å². The molecule has 2 heterocycles. The molecule has 1 aromatic carbocycles. The van der Waals surface area contributed by atoms with Crippen molar-refractivity contribution in [2.75, 3.05) is 11.9 Å². The Morgan fingerprint density at radius 3 is 2.44 bits per heavy atom. The number of rotatable bonds is 1. The Kier molecular flexibility index (Phi) is 2.44. The minimum Gasteiger partial charge on any atom is -0.313 e. The summed E-state index contributed by atoms with van der Waals surface area (Å²) in [5.41, 5.74) is 6.41. The number of carbonyl (C=O) groups is 2. The molecule has 2 unspecified atom stereocenters. The lowest BCUT2D eigenvalue weighted by atomic mass is 10.0. The van der Waals surface area contributed by atoms with E-state index < -0.39 is 18.2 Å². The summed E-state index contributed by atoms with van der Waals surface area (Å²) in [4.78, 5) is 30.9. The number of hydrogen-bond acceptors (Lipinski definition) is 5. The van der Waals surface area contributed by atoms with E-state index in [9.17, 15) is 9.59 Å². The average molecular weight is 247 g/mol. The van der Waals surface area contributed by atoms with Crippen LogP contribution < -0.4 is 10.6 Å². The molecule has 2 fully saturated rings. The first kappa shape index (κ1) is 11.3. The van der Waals surface area contributed by atoms with Crippen molar-refractivity contribution in [1.29, 1.82) is 0 Å². The van der Waals surface area contributed by atoms with Gasteiger partial charge in [-0.15, -0.1) is 0 Å². The topological polar surface area (TPSA) is 75.9 Å². The monoisotopic (exact) mass is 247 g/mol. The van der Waals surface area contributed by atoms with Gasteiger partial charge in [0.15, 0.2) is 6.10 Å². The zero-order chi connectivity index (χ0) is 12.9. The van der Waals surface area contributed by atoms with Gasteiger partial charge in [0.2, 0.25) is 5.91 Å². The second kappa shape index (κ2) is 3.88. The van der Waals surface area contributed by atoms with Gasteiger partial charge in [-0.25, -0.2) is 4.90 Å². The molecule has 0 bridgehead atoms. The summed E-state index contributed by atoms with van der Waals surface area (Å²) in [7, 11) is 1.62. The van der Waals surface area contributed by atoms with Gasteiger partial charge in [-0.3, -0.25) is 14.4 Å². The molecule has 2 N–H and O–H groups in total. The lowest BCUT2D eigenvalue weighted by Crippen LogP contribution is -2.43. The number of nitrogens with zero attached hydrogens (tertiary/aromatic N) is 2. The quantitative estimate of drug-likeness (QED) is 0.690. The van der Waals surface area contributed by atoms with Gasteiger partial charge >= 0.3 is 0 Å². The molecule has 0 aliphatic carbocycles. The number of hydrogen-bond donors (Lipinski definition) is 1. The third-order valence-corrected chi connectivity index (χ3v) is 3.38. The standard InChI is InChI=1S/C12H13N3O3/c1-14-10(13)8-9(18-14)12(17)15(11(8)16)7-5-3-2-4-6-7/h2-6,8-10H,13H2,1H3/t8?,9?,10-/m0/s1. The van der Waals surface area contributed by atoms with Gasteiger partial charge in [0.05, 0.1) is 11.9 Å². The number of para-hydroxylation sites is 1. The van der Waals surface area contributed by atoms with Crippen molar-refractivity contribution in [3.05, 3.63) is 30.3 Å². The summed E-state index contributed by atoms with van der Waals surface area (Å²) < 4.78 is 0. The molecule has 3 rings (SSSR count). The molecule has 2 aliphatic rings. The normalized spacial score (nSPS) is 32.1. The molecular formula is C12H13N3O3. The maximum Gasteiger partial charge on any atom is 0.265 e. The Balaban J connectivity index is 1.97. The van der Waals surface area contributed by atoms with E-state index >= 15 is 0 Å². The summed E-state index contributed by atoms with van der Waals surface area (Å²) in [6.45, 7) is 0. The van der Waals surface area contributed by atoms with Crippen LogP contribution in [0.25, 0.3) is 0 Å². The summed E-state index contributed by atoms with van der Waals surface area (Å²) in [6.07, 6.45) is -1.38. The maximum absolute atomic E-state index is 12.3. The van der Waals surface area contributed by atoms with E-state index in [1.807, 2.05) is 6.07 Å². The molecule has 0 aromatic heterocycles. The highest BCUT2D eigenvalue weighted by Crippen LogP contribution is 2.35. The molecule has 3 atom stereocenters. The van der Waals surface area contributed by atoms with Gasteiger partial charge < -0.3 is 5.73 Å². The minimum absolute atomic E-state index is 0.298. The predicted octanol–water partition coefficient (Wildman–Crippen LogP) is -0.294. The van der Waals surface area contributed by atoms with E-state index in [0.717, 1.165) is 4.90 Å². The summed E-state index contributed by atoms with van der Waals surface area (Å²) in [6, 6.07) is 8.80. The van der Waals surface area contributed by atoms with Crippen molar-refractivity contribution in [2.45, 2.75) is 12.3 Å². The third kappa shape index (κ3) is 1.40. The third-order valence-electron chi connectivity index (χ3n) is 3.38. The fraction of sp³-hybridized carbons (Fsp3) is 0.333. The van der Waals surface area contributed by atoms with E-state index in [1.54, 1.807) is 31.3 Å². The number of anilines is 1. The van der Waals surface area contributed by atoms with Crippen LogP contribution >= 0.6 is 0 Å². The second-order valence-corrected chi connectivity index (χ2v) is 4.44. The molecule has 2 amide bonds. The molecule has 2 aliphatic heterocycles. The van der Waals surface area contributed by atoms with Crippen molar-refractivity contribution in [2.24, 2.45) is 11.7 Å². The van der Waals surface area contributed by atoms with Gasteiger partial charge in [-0.05, 0) is 12.1 Å². The van der Waals surface area contributed by atoms with Crippen molar-refractivity contribution in [1.82, 2.24) is 5.06 Å². The second-order valence-electron chi connectivity index (χ2n) is 4.44. The molecule has 94 valence electrons. The van der Waals surface area contributed by atoms with Crippen molar-refractivity contribution in [3.63, 3.8) is 0 Å². The summed E-state index contributed by atoms with van der Waals surface area (Å²) in [5, 5.41) is 1.37. The number of benzene rings is 1. The fourth-order valence-electron chi connectivity index (χ4n) is 2.41. The number of hydroxylamine groups is 2. The molecule has 6 nitrogen and oxygen atoms in total. The molecule has 0 spiro atoms. The van der Waals surface area contributed by atoms with Crippen molar-refractivity contribution >= 4 is 17.5 Å². The van der Waals surface area contributed by atoms with Crippen LogP contribution in [0.4, 0.5) is 5.69 Å². The van der Waals surface area contributed by atoms with Crippen LogP contribution in [-0.4, -0.2) is 36.2 Å². The molecule has 18 heavy (non-hydrogen) atoms. The van der Waals surface area contributed by atoms with E-state index in [2.05, 4.69) is 0 Å². The Hall–Kier alpha value is -1.76. The Morgan fingerprint density at radius 2 is 1.83 bits per heavy atom. The summed E-state index contributed by atoms with van der Waals surface area (Å²) >= 11 is 0. The maximum atomic E-state index is 12.3. The highest BCUT2D eigenvalue weighted by molar-refractivity contribution is 6.23. The van der Waals surface area contributed by atoms with Crippen LogP contribution in [0.1, 0.15) is 0 Å². The zero-order valence-electron chi connectivity index (χ0n) is 9.82. The van der Waals surface area contributed by atoms with Gasteiger partial charge in [0, 0.05) is 7.05 Å². The number of imide groups is 1. The molecule has 1 aromatic rings. The SMILES string of the molecule is CN1OC2C(=O)N(c3ccccc3)C(=O)C2[C@H]1N. The van der Waals surface area contributed by atoms with Crippen LogP contribution in [0, 0.1) is 5.92 Å². The van der Waals surface area contributed by atoms with Gasteiger partial charge in [-0.1, -0.05) is 18.2 Å². The van der Waals surface area contributed by atoms with Gasteiger partial charge in [0.25, 0.3) is 5.91 Å². The van der Waals surface area contributed by atoms with Crippen LogP contribution in [0.3, 0.4) is 0 Å². The average Bonchev–Trinajstić information content (AvgIpc) is 2.79. The Morgan fingerprint density at radius 1 is 1.17 bits per heavy atom. The number of nitrogens with two attached hydrogens (primary N) is 1.